The summed E-state index contributed by atoms with van der Waals surface area (Å²) in [7, 11) is 0. The number of benzene rings is 1. The van der Waals surface area contributed by atoms with Gasteiger partial charge in [0, 0.05) is 16.1 Å². The molecule has 1 aliphatic carbocycles. The van der Waals surface area contributed by atoms with E-state index in [-0.39, 0.29) is 0 Å². The molecule has 2 rings (SSSR count). The molecule has 0 spiro atoms. The van der Waals surface area contributed by atoms with Gasteiger partial charge in [-0.15, -0.1) is 0 Å². The molecule has 0 fully saturated rings. The molecular formula is C17H26BrNO2. The van der Waals surface area contributed by atoms with Crippen LogP contribution in [-0.2, 0) is 6.42 Å². The maximum absolute atomic E-state index is 5.97. The molecule has 1 aromatic rings. The first-order valence-electron chi connectivity index (χ1n) is 8.07. The molecule has 1 aliphatic rings. The molecular weight excluding hydrogens is 330 g/mol. The van der Waals surface area contributed by atoms with Gasteiger partial charge < -0.3 is 14.8 Å². The van der Waals surface area contributed by atoms with Crippen molar-refractivity contribution >= 4 is 15.9 Å². The van der Waals surface area contributed by atoms with Gasteiger partial charge in [-0.2, -0.15) is 0 Å². The molecule has 4 heteroatoms. The highest BCUT2D eigenvalue weighted by atomic mass is 79.9. The van der Waals surface area contributed by atoms with Crippen molar-refractivity contribution in [1.82, 2.24) is 5.32 Å². The van der Waals surface area contributed by atoms with Gasteiger partial charge in [-0.1, -0.05) is 22.9 Å². The lowest BCUT2D eigenvalue weighted by Crippen LogP contribution is -2.27. The molecule has 0 aromatic heterocycles. The largest absolute Gasteiger partial charge is 0.490 e. The standard InChI is InChI=1S/C17H26BrNO2/c1-4-10-19-14-9-7-8-12-13(18)11-15(20-5-2)17(16(12)14)21-6-3/h11,14,19H,4-10H2,1-3H3. The number of hydrogen-bond donors (Lipinski definition) is 1. The van der Waals surface area contributed by atoms with Crippen molar-refractivity contribution in [3.05, 3.63) is 21.7 Å². The minimum Gasteiger partial charge on any atom is -0.490 e. The van der Waals surface area contributed by atoms with Crippen LogP contribution in [0.2, 0.25) is 0 Å². The zero-order chi connectivity index (χ0) is 15.2. The van der Waals surface area contributed by atoms with Crippen molar-refractivity contribution in [2.75, 3.05) is 19.8 Å². The molecule has 0 saturated heterocycles. The maximum atomic E-state index is 5.97. The Labute approximate surface area is 136 Å². The summed E-state index contributed by atoms with van der Waals surface area (Å²) < 4.78 is 12.9. The van der Waals surface area contributed by atoms with E-state index < -0.39 is 0 Å². The van der Waals surface area contributed by atoms with Gasteiger partial charge in [-0.25, -0.2) is 0 Å². The van der Waals surface area contributed by atoms with Crippen LogP contribution in [0.5, 0.6) is 11.5 Å². The smallest absolute Gasteiger partial charge is 0.166 e. The first-order chi connectivity index (χ1) is 10.2. The molecule has 1 unspecified atom stereocenters. The van der Waals surface area contributed by atoms with Crippen molar-refractivity contribution in [2.45, 2.75) is 52.5 Å². The van der Waals surface area contributed by atoms with E-state index in [1.807, 2.05) is 13.8 Å². The lowest BCUT2D eigenvalue weighted by atomic mass is 9.86. The highest BCUT2D eigenvalue weighted by molar-refractivity contribution is 9.10. The number of nitrogens with one attached hydrogen (secondary N) is 1. The fourth-order valence-electron chi connectivity index (χ4n) is 2.99. The van der Waals surface area contributed by atoms with Gasteiger partial charge in [0.2, 0.25) is 0 Å². The summed E-state index contributed by atoms with van der Waals surface area (Å²) in [5, 5.41) is 3.67. The number of rotatable bonds is 7. The summed E-state index contributed by atoms with van der Waals surface area (Å²) in [5.74, 6) is 1.79. The highest BCUT2D eigenvalue weighted by Gasteiger charge is 2.28. The second-order valence-corrected chi connectivity index (χ2v) is 6.20. The Morgan fingerprint density at radius 1 is 1.24 bits per heavy atom. The van der Waals surface area contributed by atoms with Crippen molar-refractivity contribution in [1.29, 1.82) is 0 Å². The highest BCUT2D eigenvalue weighted by Crippen LogP contribution is 2.45. The molecule has 118 valence electrons. The van der Waals surface area contributed by atoms with Gasteiger partial charge in [0.05, 0.1) is 13.2 Å². The van der Waals surface area contributed by atoms with E-state index in [0.29, 0.717) is 19.3 Å². The van der Waals surface area contributed by atoms with Crippen LogP contribution >= 0.6 is 15.9 Å². The average molecular weight is 356 g/mol. The van der Waals surface area contributed by atoms with Gasteiger partial charge in [0.15, 0.2) is 11.5 Å². The Balaban J connectivity index is 2.48. The van der Waals surface area contributed by atoms with Gasteiger partial charge >= 0.3 is 0 Å². The van der Waals surface area contributed by atoms with Crippen LogP contribution in [0, 0.1) is 0 Å². The molecule has 0 amide bonds. The zero-order valence-corrected chi connectivity index (χ0v) is 14.9. The van der Waals surface area contributed by atoms with Crippen LogP contribution in [0.1, 0.15) is 57.2 Å². The number of ether oxygens (including phenoxy) is 2. The summed E-state index contributed by atoms with van der Waals surface area (Å²) in [6, 6.07) is 2.43. The minimum absolute atomic E-state index is 0.368. The first kappa shape index (κ1) is 16.6. The quantitative estimate of drug-likeness (QED) is 0.773. The Hall–Kier alpha value is -0.740. The Kier molecular flexibility index (Phi) is 6.37. The molecule has 1 N–H and O–H groups in total. The Morgan fingerprint density at radius 2 is 2.00 bits per heavy atom. The van der Waals surface area contributed by atoms with E-state index in [2.05, 4.69) is 34.2 Å². The lowest BCUT2D eigenvalue weighted by Gasteiger charge is -2.30. The van der Waals surface area contributed by atoms with Gasteiger partial charge in [-0.3, -0.25) is 0 Å². The van der Waals surface area contributed by atoms with E-state index in [1.165, 1.54) is 17.5 Å². The number of halogens is 1. The second kappa shape index (κ2) is 8.04. The maximum Gasteiger partial charge on any atom is 0.166 e. The van der Waals surface area contributed by atoms with Crippen molar-refractivity contribution in [3.63, 3.8) is 0 Å². The average Bonchev–Trinajstić information content (AvgIpc) is 2.49. The molecule has 21 heavy (non-hydrogen) atoms. The van der Waals surface area contributed by atoms with Gasteiger partial charge in [0.25, 0.3) is 0 Å². The first-order valence-corrected chi connectivity index (χ1v) is 8.86. The summed E-state index contributed by atoms with van der Waals surface area (Å²) in [5.41, 5.74) is 2.68. The number of hydrogen-bond acceptors (Lipinski definition) is 3. The van der Waals surface area contributed by atoms with Gasteiger partial charge in [-0.05, 0) is 57.7 Å². The van der Waals surface area contributed by atoms with Crippen molar-refractivity contribution in [2.24, 2.45) is 0 Å². The number of fused-ring (bicyclic) bond motifs is 1. The Bertz CT molecular complexity index is 476. The normalized spacial score (nSPS) is 17.4. The lowest BCUT2D eigenvalue weighted by molar-refractivity contribution is 0.279. The predicted molar refractivity (Wildman–Crippen MR) is 90.5 cm³/mol. The summed E-state index contributed by atoms with van der Waals surface area (Å²) in [6.45, 7) is 8.59. The molecule has 0 bridgehead atoms. The second-order valence-electron chi connectivity index (χ2n) is 5.34. The molecule has 1 atom stereocenters. The zero-order valence-electron chi connectivity index (χ0n) is 13.3. The fourth-order valence-corrected chi connectivity index (χ4v) is 3.61. The van der Waals surface area contributed by atoms with E-state index in [9.17, 15) is 0 Å². The molecule has 0 heterocycles. The molecule has 3 nitrogen and oxygen atoms in total. The molecule has 0 radical (unpaired) electrons. The summed E-state index contributed by atoms with van der Waals surface area (Å²) >= 11 is 3.72. The van der Waals surface area contributed by atoms with Crippen LogP contribution in [0.4, 0.5) is 0 Å². The van der Waals surface area contributed by atoms with Gasteiger partial charge in [0.1, 0.15) is 0 Å². The fraction of sp³-hybridized carbons (Fsp3) is 0.647. The molecule has 0 aliphatic heterocycles. The SMILES string of the molecule is CCCNC1CCCc2c(Br)cc(OCC)c(OCC)c21. The van der Waals surface area contributed by atoms with Crippen molar-refractivity contribution in [3.8, 4) is 11.5 Å². The molecule has 0 saturated carbocycles. The summed E-state index contributed by atoms with van der Waals surface area (Å²) in [4.78, 5) is 0. The van der Waals surface area contributed by atoms with Crippen LogP contribution in [0.3, 0.4) is 0 Å². The van der Waals surface area contributed by atoms with Crippen molar-refractivity contribution < 1.29 is 9.47 Å². The van der Waals surface area contributed by atoms with E-state index in [1.54, 1.807) is 0 Å². The van der Waals surface area contributed by atoms with Crippen LogP contribution in [0.15, 0.2) is 10.5 Å². The van der Waals surface area contributed by atoms with E-state index in [0.717, 1.165) is 41.8 Å². The summed E-state index contributed by atoms with van der Waals surface area (Å²) in [6.07, 6.45) is 4.62. The Morgan fingerprint density at radius 3 is 2.67 bits per heavy atom. The third kappa shape index (κ3) is 3.72. The van der Waals surface area contributed by atoms with E-state index >= 15 is 0 Å². The van der Waals surface area contributed by atoms with Crippen LogP contribution in [-0.4, -0.2) is 19.8 Å². The molecule has 1 aromatic carbocycles. The topological polar surface area (TPSA) is 30.5 Å². The van der Waals surface area contributed by atoms with Crippen LogP contribution in [0.25, 0.3) is 0 Å². The minimum atomic E-state index is 0.368. The monoisotopic (exact) mass is 355 g/mol. The third-order valence-electron chi connectivity index (χ3n) is 3.84. The predicted octanol–water partition coefficient (Wildman–Crippen LogP) is 4.62. The third-order valence-corrected chi connectivity index (χ3v) is 4.54. The van der Waals surface area contributed by atoms with E-state index in [4.69, 9.17) is 9.47 Å². The van der Waals surface area contributed by atoms with Crippen LogP contribution < -0.4 is 14.8 Å².